The van der Waals surface area contributed by atoms with Gasteiger partial charge in [-0.25, -0.2) is 4.79 Å². The van der Waals surface area contributed by atoms with Crippen LogP contribution < -0.4 is 5.32 Å². The molecule has 1 amide bonds. The van der Waals surface area contributed by atoms with Gasteiger partial charge in [0.2, 0.25) is 0 Å². The maximum Gasteiger partial charge on any atom is 0.407 e. The summed E-state index contributed by atoms with van der Waals surface area (Å²) in [5.41, 5.74) is 0. The maximum atomic E-state index is 12.8. The Bertz CT molecular complexity index is 963. The molecule has 0 aliphatic rings. The second-order valence-electron chi connectivity index (χ2n) is 18.8. The quantitative estimate of drug-likeness (QED) is 0.0367. The molecule has 0 rings (SSSR count). The highest BCUT2D eigenvalue weighted by Crippen LogP contribution is 2.20. The van der Waals surface area contributed by atoms with E-state index in [1.54, 1.807) is 0 Å². The van der Waals surface area contributed by atoms with Crippen LogP contribution >= 0.6 is 0 Å². The second-order valence-corrected chi connectivity index (χ2v) is 18.8. The monoisotopic (exact) mass is 866 g/mol. The van der Waals surface area contributed by atoms with Gasteiger partial charge in [0.25, 0.3) is 0 Å². The average molecular weight is 866 g/mol. The minimum absolute atomic E-state index is 0.0241. The molecule has 362 valence electrons. The van der Waals surface area contributed by atoms with Crippen molar-refractivity contribution in [2.75, 3.05) is 54.4 Å². The summed E-state index contributed by atoms with van der Waals surface area (Å²) in [5, 5.41) is 2.95. The molecule has 0 heterocycles. The highest BCUT2D eigenvalue weighted by atomic mass is 16.6. The van der Waals surface area contributed by atoms with E-state index in [1.165, 1.54) is 116 Å². The zero-order valence-corrected chi connectivity index (χ0v) is 41.5. The molecule has 0 spiro atoms. The largest absolute Gasteiger partial charge is 0.466 e. The topological polar surface area (TPSA) is 97.4 Å². The van der Waals surface area contributed by atoms with Gasteiger partial charge in [-0.15, -0.1) is 0 Å². The fourth-order valence-electron chi connectivity index (χ4n) is 8.06. The maximum absolute atomic E-state index is 12.8. The van der Waals surface area contributed by atoms with Crippen LogP contribution in [0.3, 0.4) is 0 Å². The summed E-state index contributed by atoms with van der Waals surface area (Å²) >= 11 is 0. The molecule has 0 aromatic rings. The molecule has 61 heavy (non-hydrogen) atoms. The Labute approximate surface area is 378 Å². The molecule has 9 nitrogen and oxygen atoms in total. The van der Waals surface area contributed by atoms with E-state index in [2.05, 4.69) is 43.1 Å². The van der Waals surface area contributed by atoms with Crippen molar-refractivity contribution in [2.24, 2.45) is 0 Å². The molecule has 0 radical (unpaired) electrons. The number of esters is 2. The molecule has 9 heteroatoms. The first-order valence-corrected chi connectivity index (χ1v) is 26.3. The molecule has 0 aliphatic carbocycles. The Balaban J connectivity index is 4.50. The van der Waals surface area contributed by atoms with Gasteiger partial charge < -0.3 is 29.3 Å². The lowest BCUT2D eigenvalue weighted by Crippen LogP contribution is -2.31. The lowest BCUT2D eigenvalue weighted by Gasteiger charge is -2.20. The van der Waals surface area contributed by atoms with E-state index in [9.17, 15) is 14.4 Å². The first-order chi connectivity index (χ1) is 29.7. The predicted octanol–water partition coefficient (Wildman–Crippen LogP) is 14.1. The third-order valence-electron chi connectivity index (χ3n) is 12.0. The molecule has 0 bridgehead atoms. The summed E-state index contributed by atoms with van der Waals surface area (Å²) in [7, 11) is 8.25. The molecule has 1 N–H and O–H groups in total. The smallest absolute Gasteiger partial charge is 0.407 e. The summed E-state index contributed by atoms with van der Waals surface area (Å²) in [6.45, 7) is 7.55. The molecule has 2 unspecified atom stereocenters. The van der Waals surface area contributed by atoms with Gasteiger partial charge in [0.15, 0.2) is 0 Å². The Kier molecular flexibility index (Phi) is 44.7. The van der Waals surface area contributed by atoms with E-state index >= 15 is 0 Å². The normalized spacial score (nSPS) is 12.5. The van der Waals surface area contributed by atoms with E-state index in [0.717, 1.165) is 122 Å². The number of alkyl carbamates (subject to hydrolysis) is 1. The third-order valence-corrected chi connectivity index (χ3v) is 12.0. The fraction of sp³-hybridized carbons (Fsp3) is 0.942. The van der Waals surface area contributed by atoms with Crippen LogP contribution in [0.15, 0.2) is 0 Å². The minimum atomic E-state index is -0.320. The summed E-state index contributed by atoms with van der Waals surface area (Å²) in [4.78, 5) is 42.1. The Morgan fingerprint density at radius 3 is 1.25 bits per heavy atom. The van der Waals surface area contributed by atoms with Crippen LogP contribution in [-0.4, -0.2) is 94.5 Å². The zero-order chi connectivity index (χ0) is 44.9. The summed E-state index contributed by atoms with van der Waals surface area (Å²) in [6.07, 6.45) is 40.9. The molecule has 0 aliphatic heterocycles. The number of ether oxygens (including phenoxy) is 3. The van der Waals surface area contributed by atoms with Crippen molar-refractivity contribution in [1.29, 1.82) is 0 Å². The SMILES string of the molecule is CCCCCCCCCCCCCC(=O)OCCCCCCC(CCCCCC(CCCN(C)C)OC(=O)CCCCCCCCCCCCC)OC(=O)NCCCN(C)C. The van der Waals surface area contributed by atoms with Crippen molar-refractivity contribution < 1.29 is 28.6 Å². The van der Waals surface area contributed by atoms with Gasteiger partial charge in [-0.05, 0) is 118 Å². The predicted molar refractivity (Wildman–Crippen MR) is 258 cm³/mol. The first kappa shape index (κ1) is 59.1. The average Bonchev–Trinajstić information content (AvgIpc) is 3.22. The van der Waals surface area contributed by atoms with Gasteiger partial charge in [-0.2, -0.15) is 0 Å². The molecule has 2 atom stereocenters. The van der Waals surface area contributed by atoms with Crippen molar-refractivity contribution in [2.45, 2.75) is 264 Å². The summed E-state index contributed by atoms with van der Waals surface area (Å²) < 4.78 is 17.5. The fourth-order valence-corrected chi connectivity index (χ4v) is 8.06. The number of amides is 1. The van der Waals surface area contributed by atoms with Crippen LogP contribution in [0.5, 0.6) is 0 Å². The van der Waals surface area contributed by atoms with Crippen LogP contribution in [0.4, 0.5) is 4.79 Å². The standard InChI is InChI=1S/C52H103N3O6/c1-7-9-11-13-15-17-19-21-23-25-33-42-50(56)59-47-35-28-27-30-39-49(61-52(58)53-44-37-46-55(5)6)40-32-29-31-38-48(41-36-45-54(3)4)60-51(57)43-34-26-24-22-20-18-16-14-12-10-8-2/h48-49H,7-47H2,1-6H3,(H,53,58). The minimum Gasteiger partial charge on any atom is -0.466 e. The van der Waals surface area contributed by atoms with Gasteiger partial charge in [0, 0.05) is 19.4 Å². The van der Waals surface area contributed by atoms with Crippen LogP contribution in [0.25, 0.3) is 0 Å². The van der Waals surface area contributed by atoms with Gasteiger partial charge in [0.1, 0.15) is 12.2 Å². The summed E-state index contributed by atoms with van der Waals surface area (Å²) in [5.74, 6) is -0.0906. The summed E-state index contributed by atoms with van der Waals surface area (Å²) in [6, 6.07) is 0. The molecule has 0 saturated heterocycles. The Hall–Kier alpha value is -1.87. The van der Waals surface area contributed by atoms with E-state index in [-0.39, 0.29) is 30.2 Å². The molecule has 0 aromatic carbocycles. The molecular weight excluding hydrogens is 763 g/mol. The highest BCUT2D eigenvalue weighted by Gasteiger charge is 2.17. The lowest BCUT2D eigenvalue weighted by molar-refractivity contribution is -0.150. The number of hydrogen-bond acceptors (Lipinski definition) is 8. The van der Waals surface area contributed by atoms with Gasteiger partial charge in [0.05, 0.1) is 6.61 Å². The van der Waals surface area contributed by atoms with E-state index in [1.807, 2.05) is 14.1 Å². The van der Waals surface area contributed by atoms with Crippen molar-refractivity contribution >= 4 is 18.0 Å². The Morgan fingerprint density at radius 1 is 0.410 bits per heavy atom. The lowest BCUT2D eigenvalue weighted by atomic mass is 10.0. The van der Waals surface area contributed by atoms with E-state index in [0.29, 0.717) is 26.0 Å². The zero-order valence-electron chi connectivity index (χ0n) is 41.5. The number of rotatable bonds is 47. The number of carbonyl (C=O) groups is 3. The van der Waals surface area contributed by atoms with Crippen LogP contribution in [0.1, 0.15) is 251 Å². The van der Waals surface area contributed by atoms with Crippen molar-refractivity contribution in [1.82, 2.24) is 15.1 Å². The van der Waals surface area contributed by atoms with Crippen LogP contribution in [0, 0.1) is 0 Å². The van der Waals surface area contributed by atoms with E-state index < -0.39 is 0 Å². The molecule has 0 aromatic heterocycles. The van der Waals surface area contributed by atoms with Gasteiger partial charge >= 0.3 is 18.0 Å². The highest BCUT2D eigenvalue weighted by molar-refractivity contribution is 5.69. The van der Waals surface area contributed by atoms with E-state index in [4.69, 9.17) is 14.2 Å². The Morgan fingerprint density at radius 2 is 0.770 bits per heavy atom. The van der Waals surface area contributed by atoms with Gasteiger partial charge in [-0.3, -0.25) is 9.59 Å². The number of hydrogen-bond donors (Lipinski definition) is 1. The number of nitrogens with zero attached hydrogens (tertiary/aromatic N) is 2. The van der Waals surface area contributed by atoms with Crippen LogP contribution in [0.2, 0.25) is 0 Å². The van der Waals surface area contributed by atoms with Crippen molar-refractivity contribution in [3.8, 4) is 0 Å². The second kappa shape index (κ2) is 46.1. The van der Waals surface area contributed by atoms with Gasteiger partial charge in [-0.1, -0.05) is 162 Å². The van der Waals surface area contributed by atoms with Crippen molar-refractivity contribution in [3.63, 3.8) is 0 Å². The van der Waals surface area contributed by atoms with Crippen LogP contribution in [-0.2, 0) is 23.8 Å². The number of nitrogens with one attached hydrogen (secondary N) is 1. The number of unbranched alkanes of at least 4 members (excludes halogenated alkanes) is 25. The third kappa shape index (κ3) is 46.0. The number of carbonyl (C=O) groups excluding carboxylic acids is 3. The first-order valence-electron chi connectivity index (χ1n) is 26.3. The molecule has 0 fully saturated rings. The van der Waals surface area contributed by atoms with Crippen molar-refractivity contribution in [3.05, 3.63) is 0 Å². The molecule has 0 saturated carbocycles. The molecular formula is C52H103N3O6.